The number of carbonyl (C=O) groups excluding carboxylic acids is 2. The highest BCUT2D eigenvalue weighted by atomic mass is 19.2. The molecule has 2 N–H and O–H groups in total. The number of benzene rings is 2. The summed E-state index contributed by atoms with van der Waals surface area (Å²) >= 11 is 0. The van der Waals surface area contributed by atoms with Gasteiger partial charge in [-0.1, -0.05) is 12.1 Å². The van der Waals surface area contributed by atoms with Gasteiger partial charge in [0.1, 0.15) is 5.82 Å². The third-order valence-electron chi connectivity index (χ3n) is 4.57. The number of hydrogen-bond acceptors (Lipinski definition) is 3. The number of imidazole rings is 1. The van der Waals surface area contributed by atoms with Crippen LogP contribution in [0.5, 0.6) is 0 Å². The molecule has 2 amide bonds. The number of nitrogens with one attached hydrogen (secondary N) is 2. The summed E-state index contributed by atoms with van der Waals surface area (Å²) in [5.74, 6) is -2.35. The van der Waals surface area contributed by atoms with Gasteiger partial charge in [0.15, 0.2) is 11.6 Å². The molecular formula is C19H16F2N4O2. The summed E-state index contributed by atoms with van der Waals surface area (Å²) in [6.45, 7) is 0.745. The molecule has 1 aliphatic heterocycles. The molecule has 1 saturated heterocycles. The molecule has 0 saturated carbocycles. The van der Waals surface area contributed by atoms with Gasteiger partial charge in [-0.3, -0.25) is 9.59 Å². The number of nitrogens with zero attached hydrogens (tertiary/aromatic N) is 2. The van der Waals surface area contributed by atoms with Crippen molar-refractivity contribution >= 4 is 22.8 Å². The fourth-order valence-electron chi connectivity index (χ4n) is 3.03. The Morgan fingerprint density at radius 2 is 1.93 bits per heavy atom. The molecule has 0 radical (unpaired) electrons. The van der Waals surface area contributed by atoms with Crippen molar-refractivity contribution in [2.24, 2.45) is 5.92 Å². The van der Waals surface area contributed by atoms with E-state index < -0.39 is 17.5 Å². The first-order valence-electron chi connectivity index (χ1n) is 8.47. The lowest BCUT2D eigenvalue weighted by Gasteiger charge is -2.38. The van der Waals surface area contributed by atoms with E-state index in [9.17, 15) is 18.4 Å². The maximum Gasteiger partial charge on any atom is 0.254 e. The van der Waals surface area contributed by atoms with E-state index in [2.05, 4.69) is 15.3 Å². The van der Waals surface area contributed by atoms with Crippen molar-refractivity contribution in [1.82, 2.24) is 20.2 Å². The fourth-order valence-corrected chi connectivity index (χ4v) is 3.03. The number of hydrogen-bond donors (Lipinski definition) is 2. The molecule has 3 aromatic rings. The lowest BCUT2D eigenvalue weighted by atomic mass is 9.98. The Hall–Kier alpha value is -3.29. The number of H-pyrrole nitrogens is 1. The third-order valence-corrected chi connectivity index (χ3v) is 4.57. The van der Waals surface area contributed by atoms with Crippen molar-refractivity contribution in [3.05, 3.63) is 65.5 Å². The van der Waals surface area contributed by atoms with Crippen LogP contribution in [0.4, 0.5) is 8.78 Å². The first-order chi connectivity index (χ1) is 13.0. The summed E-state index contributed by atoms with van der Waals surface area (Å²) in [7, 11) is 0. The van der Waals surface area contributed by atoms with E-state index in [0.29, 0.717) is 5.82 Å². The molecule has 1 fully saturated rings. The van der Waals surface area contributed by atoms with Crippen molar-refractivity contribution in [3.8, 4) is 0 Å². The van der Waals surface area contributed by atoms with Crippen molar-refractivity contribution in [2.75, 3.05) is 13.1 Å². The lowest BCUT2D eigenvalue weighted by molar-refractivity contribution is -0.129. The summed E-state index contributed by atoms with van der Waals surface area (Å²) < 4.78 is 26.2. The Balaban J connectivity index is 1.30. The third kappa shape index (κ3) is 3.38. The standard InChI is InChI=1S/C19H16F2N4O2/c20-13-6-5-11(7-14(13)21)19(27)25-9-12(10-25)18(26)22-8-17-23-15-3-1-2-4-16(15)24-17/h1-7,12H,8-10H2,(H,22,26)(H,23,24). The minimum Gasteiger partial charge on any atom is -0.349 e. The number of fused-ring (bicyclic) bond motifs is 1. The Bertz CT molecular complexity index is 994. The quantitative estimate of drug-likeness (QED) is 0.739. The van der Waals surface area contributed by atoms with Crippen LogP contribution < -0.4 is 5.32 Å². The average Bonchev–Trinajstić information content (AvgIpc) is 3.04. The van der Waals surface area contributed by atoms with Crippen molar-refractivity contribution in [2.45, 2.75) is 6.54 Å². The predicted octanol–water partition coefficient (Wildman–Crippen LogP) is 2.23. The van der Waals surface area contributed by atoms with Crippen LogP contribution in [-0.4, -0.2) is 39.8 Å². The second kappa shape index (κ2) is 6.79. The highest BCUT2D eigenvalue weighted by molar-refractivity contribution is 5.96. The van der Waals surface area contributed by atoms with E-state index in [-0.39, 0.29) is 37.0 Å². The zero-order chi connectivity index (χ0) is 19.0. The van der Waals surface area contributed by atoms with E-state index in [1.54, 1.807) is 0 Å². The number of aromatic amines is 1. The predicted molar refractivity (Wildman–Crippen MR) is 93.7 cm³/mol. The van der Waals surface area contributed by atoms with Gasteiger partial charge in [0.05, 0.1) is 23.5 Å². The topological polar surface area (TPSA) is 78.1 Å². The number of aromatic nitrogens is 2. The summed E-state index contributed by atoms with van der Waals surface area (Å²) in [5, 5.41) is 2.80. The Kier molecular flexibility index (Phi) is 4.31. The molecule has 0 aliphatic carbocycles. The van der Waals surface area contributed by atoms with Crippen LogP contribution in [0.25, 0.3) is 11.0 Å². The largest absolute Gasteiger partial charge is 0.349 e. The SMILES string of the molecule is O=C(NCc1nc2ccccc2[nH]1)C1CN(C(=O)c2ccc(F)c(F)c2)C1. The molecule has 0 bridgehead atoms. The lowest BCUT2D eigenvalue weighted by Crippen LogP contribution is -2.55. The summed E-state index contributed by atoms with van der Waals surface area (Å²) in [6, 6.07) is 10.6. The molecule has 8 heteroatoms. The van der Waals surface area contributed by atoms with Crippen molar-refractivity contribution in [1.29, 1.82) is 0 Å². The molecule has 0 spiro atoms. The van der Waals surface area contributed by atoms with Crippen molar-refractivity contribution < 1.29 is 18.4 Å². The molecule has 2 heterocycles. The first kappa shape index (κ1) is 17.1. The van der Waals surface area contributed by atoms with Gasteiger partial charge in [-0.05, 0) is 30.3 Å². The van der Waals surface area contributed by atoms with Gasteiger partial charge in [-0.15, -0.1) is 0 Å². The van der Waals surface area contributed by atoms with Crippen LogP contribution in [0.1, 0.15) is 16.2 Å². The van der Waals surface area contributed by atoms with E-state index in [1.165, 1.54) is 11.0 Å². The molecule has 1 aliphatic rings. The molecule has 1 aromatic heterocycles. The first-order valence-corrected chi connectivity index (χ1v) is 8.47. The molecular weight excluding hydrogens is 354 g/mol. The normalized spacial score (nSPS) is 14.2. The Labute approximate surface area is 153 Å². The minimum absolute atomic E-state index is 0.0648. The molecule has 0 unspecified atom stereocenters. The zero-order valence-electron chi connectivity index (χ0n) is 14.2. The number of likely N-dealkylation sites (tertiary alicyclic amines) is 1. The number of halogens is 2. The highest BCUT2D eigenvalue weighted by Crippen LogP contribution is 2.20. The molecule has 138 valence electrons. The van der Waals surface area contributed by atoms with E-state index >= 15 is 0 Å². The van der Waals surface area contributed by atoms with Crippen LogP contribution >= 0.6 is 0 Å². The smallest absolute Gasteiger partial charge is 0.254 e. The summed E-state index contributed by atoms with van der Waals surface area (Å²) in [4.78, 5) is 33.4. The highest BCUT2D eigenvalue weighted by Gasteiger charge is 2.36. The molecule has 6 nitrogen and oxygen atoms in total. The van der Waals surface area contributed by atoms with Gasteiger partial charge in [-0.2, -0.15) is 0 Å². The van der Waals surface area contributed by atoms with E-state index in [0.717, 1.165) is 23.2 Å². The number of carbonyl (C=O) groups is 2. The van der Waals surface area contributed by atoms with Gasteiger partial charge in [-0.25, -0.2) is 13.8 Å². The molecule has 27 heavy (non-hydrogen) atoms. The van der Waals surface area contributed by atoms with Crippen LogP contribution in [0.2, 0.25) is 0 Å². The second-order valence-corrected chi connectivity index (χ2v) is 6.45. The molecule has 4 rings (SSSR count). The van der Waals surface area contributed by atoms with Crippen LogP contribution in [-0.2, 0) is 11.3 Å². The van der Waals surface area contributed by atoms with Crippen LogP contribution in [0.3, 0.4) is 0 Å². The average molecular weight is 370 g/mol. The van der Waals surface area contributed by atoms with Crippen LogP contribution in [0.15, 0.2) is 42.5 Å². The maximum absolute atomic E-state index is 13.2. The van der Waals surface area contributed by atoms with Crippen LogP contribution in [0, 0.1) is 17.6 Å². The second-order valence-electron chi connectivity index (χ2n) is 6.45. The Morgan fingerprint density at radius 1 is 1.15 bits per heavy atom. The number of para-hydroxylation sites is 2. The summed E-state index contributed by atoms with van der Waals surface area (Å²) in [5.41, 5.74) is 1.79. The molecule has 2 aromatic carbocycles. The van der Waals surface area contributed by atoms with Gasteiger partial charge in [0.2, 0.25) is 5.91 Å². The maximum atomic E-state index is 13.2. The monoisotopic (exact) mass is 370 g/mol. The zero-order valence-corrected chi connectivity index (χ0v) is 14.2. The summed E-state index contributed by atoms with van der Waals surface area (Å²) in [6.07, 6.45) is 0. The van der Waals surface area contributed by atoms with E-state index in [4.69, 9.17) is 0 Å². The van der Waals surface area contributed by atoms with Crippen molar-refractivity contribution in [3.63, 3.8) is 0 Å². The van der Waals surface area contributed by atoms with Gasteiger partial charge in [0.25, 0.3) is 5.91 Å². The molecule has 0 atom stereocenters. The fraction of sp³-hybridized carbons (Fsp3) is 0.211. The number of amides is 2. The Morgan fingerprint density at radius 3 is 2.67 bits per heavy atom. The minimum atomic E-state index is -1.07. The van der Waals surface area contributed by atoms with Gasteiger partial charge < -0.3 is 15.2 Å². The van der Waals surface area contributed by atoms with Gasteiger partial charge in [0, 0.05) is 18.7 Å². The van der Waals surface area contributed by atoms with E-state index in [1.807, 2.05) is 24.3 Å². The number of rotatable bonds is 4. The van der Waals surface area contributed by atoms with Gasteiger partial charge >= 0.3 is 0 Å².